The molecule has 1 aliphatic heterocycles. The van der Waals surface area contributed by atoms with Gasteiger partial charge in [-0.2, -0.15) is 0 Å². The van der Waals surface area contributed by atoms with E-state index in [4.69, 9.17) is 0 Å². The van der Waals surface area contributed by atoms with Gasteiger partial charge in [0, 0.05) is 18.8 Å². The molecule has 1 saturated heterocycles. The zero-order chi connectivity index (χ0) is 11.9. The SMILES string of the molecule is CC(=O)C1(c2ccccc2N2CCCC2)CC1. The summed E-state index contributed by atoms with van der Waals surface area (Å²) in [6.07, 6.45) is 4.63. The Bertz CT molecular complexity index is 442. The van der Waals surface area contributed by atoms with Crippen LogP contribution in [0.5, 0.6) is 0 Å². The second-order valence-electron chi connectivity index (χ2n) is 5.35. The number of carbonyl (C=O) groups excluding carboxylic acids is 1. The molecule has 1 aromatic carbocycles. The van der Waals surface area contributed by atoms with Crippen molar-refractivity contribution >= 4 is 11.5 Å². The number of para-hydroxylation sites is 1. The van der Waals surface area contributed by atoms with Gasteiger partial charge in [-0.15, -0.1) is 0 Å². The van der Waals surface area contributed by atoms with E-state index >= 15 is 0 Å². The van der Waals surface area contributed by atoms with Crippen LogP contribution in [0, 0.1) is 0 Å². The highest BCUT2D eigenvalue weighted by molar-refractivity contribution is 5.93. The highest BCUT2D eigenvalue weighted by atomic mass is 16.1. The third-order valence-corrected chi connectivity index (χ3v) is 4.29. The lowest BCUT2D eigenvalue weighted by Gasteiger charge is -2.24. The maximum Gasteiger partial charge on any atom is 0.140 e. The summed E-state index contributed by atoms with van der Waals surface area (Å²) in [7, 11) is 0. The fourth-order valence-corrected chi connectivity index (χ4v) is 3.05. The Kier molecular flexibility index (Phi) is 2.46. The lowest BCUT2D eigenvalue weighted by atomic mass is 9.90. The van der Waals surface area contributed by atoms with Gasteiger partial charge < -0.3 is 4.90 Å². The van der Waals surface area contributed by atoms with Gasteiger partial charge in [0.15, 0.2) is 0 Å². The van der Waals surface area contributed by atoms with Crippen LogP contribution in [0.4, 0.5) is 5.69 Å². The normalized spacial score (nSPS) is 21.6. The van der Waals surface area contributed by atoms with Gasteiger partial charge in [0.1, 0.15) is 5.78 Å². The van der Waals surface area contributed by atoms with Crippen molar-refractivity contribution in [3.8, 4) is 0 Å². The van der Waals surface area contributed by atoms with Crippen molar-refractivity contribution in [3.63, 3.8) is 0 Å². The van der Waals surface area contributed by atoms with Crippen LogP contribution in [-0.4, -0.2) is 18.9 Å². The van der Waals surface area contributed by atoms with Crippen LogP contribution in [0.2, 0.25) is 0 Å². The molecular formula is C15H19NO. The number of ketones is 1. The second kappa shape index (κ2) is 3.86. The topological polar surface area (TPSA) is 20.3 Å². The van der Waals surface area contributed by atoms with Gasteiger partial charge in [0.05, 0.1) is 5.41 Å². The van der Waals surface area contributed by atoms with Crippen LogP contribution in [0.1, 0.15) is 38.2 Å². The Morgan fingerprint density at radius 2 is 1.82 bits per heavy atom. The first-order chi connectivity index (χ1) is 8.24. The molecule has 2 fully saturated rings. The largest absolute Gasteiger partial charge is 0.371 e. The first-order valence-corrected chi connectivity index (χ1v) is 6.59. The predicted molar refractivity (Wildman–Crippen MR) is 69.5 cm³/mol. The molecule has 0 spiro atoms. The molecule has 0 bridgehead atoms. The summed E-state index contributed by atoms with van der Waals surface area (Å²) in [4.78, 5) is 14.3. The molecular weight excluding hydrogens is 210 g/mol. The molecule has 1 aliphatic carbocycles. The first kappa shape index (κ1) is 10.8. The van der Waals surface area contributed by atoms with Crippen LogP contribution < -0.4 is 4.90 Å². The van der Waals surface area contributed by atoms with Crippen LogP contribution >= 0.6 is 0 Å². The van der Waals surface area contributed by atoms with Crippen molar-refractivity contribution in [3.05, 3.63) is 29.8 Å². The first-order valence-electron chi connectivity index (χ1n) is 6.59. The van der Waals surface area contributed by atoms with Gasteiger partial charge in [-0.3, -0.25) is 4.79 Å². The van der Waals surface area contributed by atoms with Crippen LogP contribution in [0.25, 0.3) is 0 Å². The van der Waals surface area contributed by atoms with Gasteiger partial charge >= 0.3 is 0 Å². The molecule has 0 unspecified atom stereocenters. The second-order valence-corrected chi connectivity index (χ2v) is 5.35. The quantitative estimate of drug-likeness (QED) is 0.794. The summed E-state index contributed by atoms with van der Waals surface area (Å²) < 4.78 is 0. The predicted octanol–water partition coefficient (Wildman–Crippen LogP) is 2.91. The summed E-state index contributed by atoms with van der Waals surface area (Å²) in [5.41, 5.74) is 2.44. The lowest BCUT2D eigenvalue weighted by molar-refractivity contribution is -0.119. The molecule has 2 aliphatic rings. The average Bonchev–Trinajstić information content (AvgIpc) is 2.98. The van der Waals surface area contributed by atoms with Gasteiger partial charge in [-0.25, -0.2) is 0 Å². The van der Waals surface area contributed by atoms with Crippen molar-refractivity contribution in [2.45, 2.75) is 38.0 Å². The van der Waals surface area contributed by atoms with Crippen LogP contribution in [0.3, 0.4) is 0 Å². The Hall–Kier alpha value is -1.31. The Balaban J connectivity index is 2.02. The van der Waals surface area contributed by atoms with Crippen molar-refractivity contribution in [2.75, 3.05) is 18.0 Å². The van der Waals surface area contributed by atoms with E-state index in [0.29, 0.717) is 5.78 Å². The fraction of sp³-hybridized carbons (Fsp3) is 0.533. The zero-order valence-corrected chi connectivity index (χ0v) is 10.4. The van der Waals surface area contributed by atoms with Gasteiger partial charge in [-0.05, 0) is 44.2 Å². The minimum Gasteiger partial charge on any atom is -0.371 e. The molecule has 0 N–H and O–H groups in total. The molecule has 1 saturated carbocycles. The van der Waals surface area contributed by atoms with Crippen LogP contribution in [0.15, 0.2) is 24.3 Å². The van der Waals surface area contributed by atoms with E-state index in [2.05, 4.69) is 29.2 Å². The lowest BCUT2D eigenvalue weighted by Crippen LogP contribution is -2.24. The summed E-state index contributed by atoms with van der Waals surface area (Å²) in [6.45, 7) is 4.03. The fourth-order valence-electron chi connectivity index (χ4n) is 3.05. The monoisotopic (exact) mass is 229 g/mol. The molecule has 1 heterocycles. The van der Waals surface area contributed by atoms with E-state index in [9.17, 15) is 4.79 Å². The minimum absolute atomic E-state index is 0.140. The Morgan fingerprint density at radius 1 is 1.18 bits per heavy atom. The number of Topliss-reactive ketones (excluding diaryl/α,β-unsaturated/α-hetero) is 1. The molecule has 0 amide bonds. The van der Waals surface area contributed by atoms with Crippen molar-refractivity contribution in [1.82, 2.24) is 0 Å². The van der Waals surface area contributed by atoms with Gasteiger partial charge in [0.25, 0.3) is 0 Å². The number of carbonyl (C=O) groups is 1. The van der Waals surface area contributed by atoms with E-state index in [1.807, 2.05) is 0 Å². The van der Waals surface area contributed by atoms with Gasteiger partial charge in [-0.1, -0.05) is 18.2 Å². The smallest absolute Gasteiger partial charge is 0.140 e. The number of anilines is 1. The molecule has 2 nitrogen and oxygen atoms in total. The number of rotatable bonds is 3. The van der Waals surface area contributed by atoms with E-state index < -0.39 is 0 Å². The molecule has 0 radical (unpaired) electrons. The molecule has 0 aromatic heterocycles. The average molecular weight is 229 g/mol. The standard InChI is InChI=1S/C15H19NO/c1-12(17)15(8-9-15)13-6-2-3-7-14(13)16-10-4-5-11-16/h2-3,6-7H,4-5,8-11H2,1H3. The van der Waals surface area contributed by atoms with E-state index in [0.717, 1.165) is 25.9 Å². The summed E-state index contributed by atoms with van der Waals surface area (Å²) >= 11 is 0. The molecule has 0 atom stereocenters. The summed E-state index contributed by atoms with van der Waals surface area (Å²) in [5.74, 6) is 0.337. The molecule has 90 valence electrons. The number of hydrogen-bond donors (Lipinski definition) is 0. The number of hydrogen-bond acceptors (Lipinski definition) is 2. The van der Waals surface area contributed by atoms with Gasteiger partial charge in [0.2, 0.25) is 0 Å². The zero-order valence-electron chi connectivity index (χ0n) is 10.4. The minimum atomic E-state index is -0.140. The van der Waals surface area contributed by atoms with Crippen molar-refractivity contribution in [2.24, 2.45) is 0 Å². The highest BCUT2D eigenvalue weighted by Crippen LogP contribution is 2.52. The van der Waals surface area contributed by atoms with Crippen LogP contribution in [-0.2, 0) is 10.2 Å². The number of nitrogens with zero attached hydrogens (tertiary/aromatic N) is 1. The maximum absolute atomic E-state index is 11.9. The molecule has 3 rings (SSSR count). The molecule has 2 heteroatoms. The third-order valence-electron chi connectivity index (χ3n) is 4.29. The van der Waals surface area contributed by atoms with E-state index in [1.165, 1.54) is 24.1 Å². The Morgan fingerprint density at radius 3 is 2.41 bits per heavy atom. The molecule has 1 aromatic rings. The van der Waals surface area contributed by atoms with E-state index in [-0.39, 0.29) is 5.41 Å². The highest BCUT2D eigenvalue weighted by Gasteiger charge is 2.50. The Labute approximate surface area is 103 Å². The summed E-state index contributed by atoms with van der Waals surface area (Å²) in [5, 5.41) is 0. The van der Waals surface area contributed by atoms with Crippen molar-refractivity contribution in [1.29, 1.82) is 0 Å². The molecule has 17 heavy (non-hydrogen) atoms. The summed E-state index contributed by atoms with van der Waals surface area (Å²) in [6, 6.07) is 8.50. The maximum atomic E-state index is 11.9. The number of benzene rings is 1. The third kappa shape index (κ3) is 1.67. The van der Waals surface area contributed by atoms with Crippen molar-refractivity contribution < 1.29 is 4.79 Å². The van der Waals surface area contributed by atoms with E-state index in [1.54, 1.807) is 6.92 Å².